The number of carbonyl (C=O) groups excluding carboxylic acids is 2. The molecule has 0 saturated carbocycles. The van der Waals surface area contributed by atoms with E-state index in [2.05, 4.69) is 5.32 Å². The van der Waals surface area contributed by atoms with Crippen molar-refractivity contribution in [2.75, 3.05) is 6.54 Å². The summed E-state index contributed by atoms with van der Waals surface area (Å²) in [4.78, 5) is 23.1. The maximum Gasteiger partial charge on any atom is 0.236 e. The Morgan fingerprint density at radius 2 is 1.04 bits per heavy atom. The molecule has 13 heteroatoms. The lowest BCUT2D eigenvalue weighted by molar-refractivity contribution is -0.124. The Hall–Kier alpha value is -1.78. The minimum Gasteiger partial charge on any atom is -0.393 e. The van der Waals surface area contributed by atoms with Crippen LogP contribution in [-0.2, 0) is 9.59 Å². The third kappa shape index (κ3) is 24.1. The highest BCUT2D eigenvalue weighted by Crippen LogP contribution is 2.15. The molecule has 0 aliphatic carbocycles. The SMILES string of the molecule is CC(C)C(=O)CC(O)CC(O)CC(O)C=CCC(O)CC(O)CC(O)CC(O)C=CCC(O)CC(O)CCCNC(=O)C(C)N. The number of hydrogen-bond donors (Lipinski definition) is 11. The summed E-state index contributed by atoms with van der Waals surface area (Å²) in [6.07, 6.45) is -1.85. The highest BCUT2D eigenvalue weighted by molar-refractivity contribution is 5.81. The molecular weight excluding hydrogens is 588 g/mol. The van der Waals surface area contributed by atoms with E-state index in [1.165, 1.54) is 18.2 Å². The van der Waals surface area contributed by atoms with Crippen molar-refractivity contribution in [2.45, 2.75) is 152 Å². The summed E-state index contributed by atoms with van der Waals surface area (Å²) in [5.41, 5.74) is 5.45. The highest BCUT2D eigenvalue weighted by atomic mass is 16.3. The second kappa shape index (κ2) is 24.4. The van der Waals surface area contributed by atoms with Crippen molar-refractivity contribution < 1.29 is 55.5 Å². The fourth-order valence-electron chi connectivity index (χ4n) is 4.62. The second-order valence-corrected chi connectivity index (χ2v) is 12.5. The Morgan fingerprint density at radius 1 is 0.622 bits per heavy atom. The van der Waals surface area contributed by atoms with Gasteiger partial charge in [-0.3, -0.25) is 9.59 Å². The van der Waals surface area contributed by atoms with Crippen molar-refractivity contribution >= 4 is 11.7 Å². The summed E-state index contributed by atoms with van der Waals surface area (Å²) < 4.78 is 0. The third-order valence-electron chi connectivity index (χ3n) is 7.24. The molecule has 0 aromatic carbocycles. The van der Waals surface area contributed by atoms with Gasteiger partial charge >= 0.3 is 0 Å². The first kappa shape index (κ1) is 43.2. The van der Waals surface area contributed by atoms with Crippen LogP contribution in [0.1, 0.15) is 91.4 Å². The van der Waals surface area contributed by atoms with Crippen LogP contribution < -0.4 is 11.1 Å². The molecule has 0 aromatic rings. The molecular formula is C32H60N2O11. The summed E-state index contributed by atoms with van der Waals surface area (Å²) in [6.45, 7) is 5.41. The molecule has 0 fully saturated rings. The van der Waals surface area contributed by atoms with Gasteiger partial charge in [-0.15, -0.1) is 0 Å². The van der Waals surface area contributed by atoms with E-state index < -0.39 is 61.0 Å². The van der Waals surface area contributed by atoms with E-state index >= 15 is 0 Å². The molecule has 0 spiro atoms. The molecule has 10 atom stereocenters. The molecule has 1 amide bonds. The molecule has 0 aliphatic heterocycles. The Labute approximate surface area is 267 Å². The van der Waals surface area contributed by atoms with Crippen LogP contribution in [0.3, 0.4) is 0 Å². The molecule has 12 N–H and O–H groups in total. The van der Waals surface area contributed by atoms with Gasteiger partial charge in [0.1, 0.15) is 5.78 Å². The number of rotatable bonds is 26. The van der Waals surface area contributed by atoms with Crippen LogP contribution in [0.5, 0.6) is 0 Å². The second-order valence-electron chi connectivity index (χ2n) is 12.5. The van der Waals surface area contributed by atoms with Crippen LogP contribution in [0, 0.1) is 5.92 Å². The molecule has 264 valence electrons. The van der Waals surface area contributed by atoms with Crippen molar-refractivity contribution in [3.63, 3.8) is 0 Å². The number of aliphatic hydroxyl groups excluding tert-OH is 9. The lowest BCUT2D eigenvalue weighted by Gasteiger charge is -2.19. The summed E-state index contributed by atoms with van der Waals surface area (Å²) in [6, 6.07) is -0.602. The summed E-state index contributed by atoms with van der Waals surface area (Å²) in [5, 5.41) is 93.6. The lowest BCUT2D eigenvalue weighted by atomic mass is 9.97. The minimum absolute atomic E-state index is 0.0447. The first-order valence-electron chi connectivity index (χ1n) is 16.0. The van der Waals surface area contributed by atoms with Crippen LogP contribution in [0.4, 0.5) is 0 Å². The normalized spacial score (nSPS) is 19.2. The van der Waals surface area contributed by atoms with Crippen molar-refractivity contribution in [2.24, 2.45) is 11.7 Å². The van der Waals surface area contributed by atoms with Gasteiger partial charge in [0.15, 0.2) is 0 Å². The maximum atomic E-state index is 11.7. The zero-order valence-corrected chi connectivity index (χ0v) is 27.1. The van der Waals surface area contributed by atoms with Gasteiger partial charge in [-0.1, -0.05) is 38.2 Å². The topological polar surface area (TPSA) is 254 Å². The first-order chi connectivity index (χ1) is 21.0. The van der Waals surface area contributed by atoms with E-state index in [1.54, 1.807) is 26.8 Å². The third-order valence-corrected chi connectivity index (χ3v) is 7.24. The van der Waals surface area contributed by atoms with Gasteiger partial charge in [0, 0.05) is 31.7 Å². The largest absolute Gasteiger partial charge is 0.393 e. The number of hydrogen-bond acceptors (Lipinski definition) is 12. The molecule has 0 heterocycles. The van der Waals surface area contributed by atoms with Gasteiger partial charge in [-0.05, 0) is 58.3 Å². The van der Waals surface area contributed by atoms with E-state index in [4.69, 9.17) is 5.73 Å². The van der Waals surface area contributed by atoms with Crippen molar-refractivity contribution in [3.05, 3.63) is 24.3 Å². The van der Waals surface area contributed by atoms with Crippen LogP contribution >= 0.6 is 0 Å². The molecule has 0 aromatic heterocycles. The Kier molecular flexibility index (Phi) is 23.4. The minimum atomic E-state index is -1.05. The maximum absolute atomic E-state index is 11.7. The number of amides is 1. The fourth-order valence-corrected chi connectivity index (χ4v) is 4.62. The molecule has 0 radical (unpaired) electrons. The first-order valence-corrected chi connectivity index (χ1v) is 16.0. The number of Topliss-reactive ketones (excluding diaryl/α,β-unsaturated/α-hetero) is 1. The summed E-state index contributed by atoms with van der Waals surface area (Å²) >= 11 is 0. The lowest BCUT2D eigenvalue weighted by Crippen LogP contribution is -2.38. The average Bonchev–Trinajstić information content (AvgIpc) is 2.90. The van der Waals surface area contributed by atoms with E-state index in [1.807, 2.05) is 0 Å². The van der Waals surface area contributed by atoms with Gasteiger partial charge in [-0.25, -0.2) is 0 Å². The van der Waals surface area contributed by atoms with Gasteiger partial charge in [0.25, 0.3) is 0 Å². The van der Waals surface area contributed by atoms with E-state index in [0.717, 1.165) is 0 Å². The Morgan fingerprint density at radius 3 is 1.51 bits per heavy atom. The predicted octanol–water partition coefficient (Wildman–Crippen LogP) is -0.673. The zero-order valence-electron chi connectivity index (χ0n) is 27.1. The van der Waals surface area contributed by atoms with Crippen LogP contribution in [0.25, 0.3) is 0 Å². The van der Waals surface area contributed by atoms with Gasteiger partial charge in [0.2, 0.25) is 5.91 Å². The summed E-state index contributed by atoms with van der Waals surface area (Å²) in [5.74, 6) is -0.588. The Balaban J connectivity index is 4.23. The van der Waals surface area contributed by atoms with E-state index in [-0.39, 0.29) is 75.4 Å². The monoisotopic (exact) mass is 648 g/mol. The molecule has 10 unspecified atom stereocenters. The standard InChI is InChI=1S/C32H60N2O11/c1-20(2)31(44)19-30(43)18-29(42)16-25(38)10-5-9-24(37)15-28(41)17-27(40)14-23(36)8-4-7-22(35)13-26(39)11-6-12-34-32(45)21(3)33/h4-5,8,10,20-30,35-43H,6-7,9,11-19,33H2,1-3H3,(H,34,45). The van der Waals surface area contributed by atoms with Gasteiger partial charge in [-0.2, -0.15) is 0 Å². The predicted molar refractivity (Wildman–Crippen MR) is 170 cm³/mol. The number of ketones is 1. The van der Waals surface area contributed by atoms with E-state index in [9.17, 15) is 55.5 Å². The van der Waals surface area contributed by atoms with Crippen molar-refractivity contribution in [1.82, 2.24) is 5.32 Å². The average molecular weight is 649 g/mol. The number of nitrogens with one attached hydrogen (secondary N) is 1. The zero-order chi connectivity index (χ0) is 34.5. The fraction of sp³-hybridized carbons (Fsp3) is 0.812. The van der Waals surface area contributed by atoms with Gasteiger partial charge in [0.05, 0.1) is 61.0 Å². The van der Waals surface area contributed by atoms with Crippen molar-refractivity contribution in [3.8, 4) is 0 Å². The molecule has 0 aliphatic rings. The summed E-state index contributed by atoms with van der Waals surface area (Å²) in [7, 11) is 0. The molecule has 45 heavy (non-hydrogen) atoms. The number of aliphatic hydroxyl groups is 9. The molecule has 0 bridgehead atoms. The van der Waals surface area contributed by atoms with Crippen LogP contribution in [0.15, 0.2) is 24.3 Å². The molecule has 13 nitrogen and oxygen atoms in total. The number of nitrogens with two attached hydrogens (primary N) is 1. The smallest absolute Gasteiger partial charge is 0.236 e. The van der Waals surface area contributed by atoms with Gasteiger partial charge < -0.3 is 57.0 Å². The quantitative estimate of drug-likeness (QED) is 0.0412. The van der Waals surface area contributed by atoms with Crippen LogP contribution in [0.2, 0.25) is 0 Å². The molecule has 0 saturated heterocycles. The number of carbonyl (C=O) groups is 2. The highest BCUT2D eigenvalue weighted by Gasteiger charge is 2.20. The van der Waals surface area contributed by atoms with Crippen LogP contribution in [-0.4, -0.2) is 125 Å². The Bertz CT molecular complexity index is 855. The van der Waals surface area contributed by atoms with Crippen molar-refractivity contribution in [1.29, 1.82) is 0 Å². The molecule has 0 rings (SSSR count). The van der Waals surface area contributed by atoms with E-state index in [0.29, 0.717) is 19.4 Å².